The highest BCUT2D eigenvalue weighted by molar-refractivity contribution is 8.13. The Kier molecular flexibility index (Phi) is 4.47. The SMILES string of the molecule is COC(=O)SC(N)CO. The van der Waals surface area contributed by atoms with Crippen LogP contribution in [0.4, 0.5) is 4.79 Å². The molecule has 0 saturated heterocycles. The largest absolute Gasteiger partial charge is 0.461 e. The van der Waals surface area contributed by atoms with Gasteiger partial charge in [0.25, 0.3) is 0 Å². The summed E-state index contributed by atoms with van der Waals surface area (Å²) >= 11 is 0.766. The monoisotopic (exact) mass is 151 g/mol. The predicted molar refractivity (Wildman–Crippen MR) is 35.1 cm³/mol. The summed E-state index contributed by atoms with van der Waals surface area (Å²) in [7, 11) is 1.26. The third kappa shape index (κ3) is 4.26. The minimum absolute atomic E-state index is 0.222. The number of rotatable bonds is 2. The summed E-state index contributed by atoms with van der Waals surface area (Å²) in [4.78, 5) is 10.3. The van der Waals surface area contributed by atoms with Gasteiger partial charge in [0.05, 0.1) is 19.1 Å². The van der Waals surface area contributed by atoms with E-state index in [9.17, 15) is 4.79 Å². The van der Waals surface area contributed by atoms with Crippen LogP contribution in [-0.2, 0) is 4.74 Å². The van der Waals surface area contributed by atoms with Crippen molar-refractivity contribution >= 4 is 17.1 Å². The number of methoxy groups -OCH3 is 1. The van der Waals surface area contributed by atoms with Gasteiger partial charge in [0, 0.05) is 0 Å². The van der Waals surface area contributed by atoms with Crippen molar-refractivity contribution in [2.24, 2.45) is 5.73 Å². The van der Waals surface area contributed by atoms with Crippen LogP contribution in [0.1, 0.15) is 0 Å². The van der Waals surface area contributed by atoms with E-state index in [4.69, 9.17) is 10.8 Å². The topological polar surface area (TPSA) is 72.5 Å². The van der Waals surface area contributed by atoms with Crippen LogP contribution >= 0.6 is 11.8 Å². The molecule has 0 aliphatic heterocycles. The third-order valence-corrected chi connectivity index (χ3v) is 1.41. The minimum atomic E-state index is -0.572. The molecule has 0 aliphatic carbocycles. The van der Waals surface area contributed by atoms with Crippen molar-refractivity contribution in [3.05, 3.63) is 0 Å². The van der Waals surface area contributed by atoms with Crippen molar-refractivity contribution in [3.8, 4) is 0 Å². The first-order valence-electron chi connectivity index (χ1n) is 2.31. The predicted octanol–water partition coefficient (Wildman–Crippen LogP) is -0.237. The van der Waals surface area contributed by atoms with E-state index in [1.165, 1.54) is 7.11 Å². The Morgan fingerprint density at radius 3 is 2.89 bits per heavy atom. The second kappa shape index (κ2) is 4.60. The van der Waals surface area contributed by atoms with Gasteiger partial charge in [-0.15, -0.1) is 0 Å². The molecule has 0 radical (unpaired) electrons. The standard InChI is InChI=1S/C4H9NO3S/c1-8-4(7)9-3(5)2-6/h3,6H,2,5H2,1H3. The number of carbonyl (C=O) groups is 1. The van der Waals surface area contributed by atoms with Gasteiger partial charge < -0.3 is 15.6 Å². The van der Waals surface area contributed by atoms with Crippen LogP contribution in [0.3, 0.4) is 0 Å². The lowest BCUT2D eigenvalue weighted by Gasteiger charge is -2.03. The quantitative estimate of drug-likeness (QED) is 0.421. The Hall–Kier alpha value is -0.260. The van der Waals surface area contributed by atoms with E-state index in [0.29, 0.717) is 0 Å². The molecule has 1 unspecified atom stereocenters. The zero-order chi connectivity index (χ0) is 7.28. The number of hydrogen-bond acceptors (Lipinski definition) is 5. The van der Waals surface area contributed by atoms with E-state index < -0.39 is 10.7 Å². The summed E-state index contributed by atoms with van der Waals surface area (Å²) in [5.74, 6) is 0. The van der Waals surface area contributed by atoms with E-state index in [1.807, 2.05) is 0 Å². The highest BCUT2D eigenvalue weighted by Gasteiger charge is 2.07. The molecular weight excluding hydrogens is 142 g/mol. The molecule has 0 heterocycles. The lowest BCUT2D eigenvalue weighted by molar-refractivity contribution is 0.199. The van der Waals surface area contributed by atoms with Crippen LogP contribution in [0.15, 0.2) is 0 Å². The lowest BCUT2D eigenvalue weighted by atomic mass is 10.7. The van der Waals surface area contributed by atoms with E-state index in [1.54, 1.807) is 0 Å². The van der Waals surface area contributed by atoms with Crippen LogP contribution in [0.5, 0.6) is 0 Å². The first kappa shape index (κ1) is 8.74. The van der Waals surface area contributed by atoms with Gasteiger partial charge in [0.1, 0.15) is 0 Å². The number of ether oxygens (including phenoxy) is 1. The van der Waals surface area contributed by atoms with E-state index in [0.717, 1.165) is 11.8 Å². The number of carbonyl (C=O) groups excluding carboxylic acids is 1. The molecule has 9 heavy (non-hydrogen) atoms. The molecular formula is C4H9NO3S. The number of hydrogen-bond donors (Lipinski definition) is 2. The molecule has 0 saturated carbocycles. The van der Waals surface area contributed by atoms with Gasteiger partial charge in [-0.1, -0.05) is 0 Å². The maximum Gasteiger partial charge on any atom is 0.368 e. The minimum Gasteiger partial charge on any atom is -0.461 e. The molecule has 0 aromatic heterocycles. The summed E-state index contributed by atoms with van der Waals surface area (Å²) in [6.45, 7) is -0.222. The number of aliphatic hydroxyl groups is 1. The highest BCUT2D eigenvalue weighted by Crippen LogP contribution is 2.07. The normalized spacial score (nSPS) is 12.8. The molecule has 0 aromatic carbocycles. The molecule has 0 rings (SSSR count). The molecule has 54 valence electrons. The molecule has 3 N–H and O–H groups in total. The van der Waals surface area contributed by atoms with Crippen LogP contribution < -0.4 is 5.73 Å². The highest BCUT2D eigenvalue weighted by atomic mass is 32.2. The molecule has 4 nitrogen and oxygen atoms in total. The van der Waals surface area contributed by atoms with Crippen LogP contribution in [-0.4, -0.2) is 29.5 Å². The Morgan fingerprint density at radius 1 is 2.00 bits per heavy atom. The van der Waals surface area contributed by atoms with Crippen LogP contribution in [0, 0.1) is 0 Å². The average Bonchev–Trinajstić information content (AvgIpc) is 1.87. The van der Waals surface area contributed by atoms with Gasteiger partial charge in [-0.25, -0.2) is 4.79 Å². The maximum absolute atomic E-state index is 10.3. The van der Waals surface area contributed by atoms with Crippen molar-refractivity contribution < 1.29 is 14.6 Å². The molecule has 0 aromatic rings. The van der Waals surface area contributed by atoms with Crippen LogP contribution in [0.2, 0.25) is 0 Å². The molecule has 0 fully saturated rings. The smallest absolute Gasteiger partial charge is 0.368 e. The van der Waals surface area contributed by atoms with Gasteiger partial charge in [0.2, 0.25) is 0 Å². The first-order valence-corrected chi connectivity index (χ1v) is 3.19. The summed E-state index contributed by atoms with van der Waals surface area (Å²) < 4.78 is 4.26. The van der Waals surface area contributed by atoms with E-state index >= 15 is 0 Å². The second-order valence-electron chi connectivity index (χ2n) is 1.29. The molecule has 0 aliphatic rings. The summed E-state index contributed by atoms with van der Waals surface area (Å²) in [6, 6.07) is 0. The van der Waals surface area contributed by atoms with Crippen molar-refractivity contribution in [3.63, 3.8) is 0 Å². The molecule has 5 heteroatoms. The van der Waals surface area contributed by atoms with Crippen LogP contribution in [0.25, 0.3) is 0 Å². The zero-order valence-corrected chi connectivity index (χ0v) is 5.85. The Bertz CT molecular complexity index is 97.8. The summed E-state index contributed by atoms with van der Waals surface area (Å²) in [5.41, 5.74) is 5.16. The van der Waals surface area contributed by atoms with Gasteiger partial charge in [-0.3, -0.25) is 0 Å². The first-order chi connectivity index (χ1) is 4.20. The maximum atomic E-state index is 10.3. The van der Waals surface area contributed by atoms with Crippen molar-refractivity contribution in [1.82, 2.24) is 0 Å². The fourth-order valence-corrected chi connectivity index (χ4v) is 0.627. The van der Waals surface area contributed by atoms with Gasteiger partial charge in [0.15, 0.2) is 0 Å². The number of thioether (sulfide) groups is 1. The summed E-state index contributed by atoms with van der Waals surface area (Å²) in [6.07, 6.45) is 0. The van der Waals surface area contributed by atoms with Gasteiger partial charge >= 0.3 is 5.30 Å². The van der Waals surface area contributed by atoms with Gasteiger partial charge in [-0.05, 0) is 11.8 Å². The molecule has 0 spiro atoms. The third-order valence-electron chi connectivity index (χ3n) is 0.594. The zero-order valence-electron chi connectivity index (χ0n) is 5.03. The van der Waals surface area contributed by atoms with Crippen molar-refractivity contribution in [2.75, 3.05) is 13.7 Å². The molecule has 1 atom stereocenters. The Balaban J connectivity index is 3.34. The Labute approximate surface area is 57.4 Å². The fraction of sp³-hybridized carbons (Fsp3) is 0.750. The lowest BCUT2D eigenvalue weighted by Crippen LogP contribution is -2.21. The molecule has 0 amide bonds. The Morgan fingerprint density at radius 2 is 2.56 bits per heavy atom. The van der Waals surface area contributed by atoms with Crippen molar-refractivity contribution in [2.45, 2.75) is 5.37 Å². The second-order valence-corrected chi connectivity index (χ2v) is 2.47. The number of aliphatic hydroxyl groups excluding tert-OH is 1. The van der Waals surface area contributed by atoms with E-state index in [-0.39, 0.29) is 6.61 Å². The van der Waals surface area contributed by atoms with Gasteiger partial charge in [-0.2, -0.15) is 0 Å². The average molecular weight is 151 g/mol. The number of nitrogens with two attached hydrogens (primary N) is 1. The molecule has 0 bridgehead atoms. The fourth-order valence-electron chi connectivity index (χ4n) is 0.209. The van der Waals surface area contributed by atoms with E-state index in [2.05, 4.69) is 4.74 Å². The summed E-state index contributed by atoms with van der Waals surface area (Å²) in [5, 5.41) is 7.28. The van der Waals surface area contributed by atoms with Crippen molar-refractivity contribution in [1.29, 1.82) is 0 Å².